The molecule has 1 aromatic rings. The number of hydrogen-bond donors (Lipinski definition) is 1. The van der Waals surface area contributed by atoms with Crippen molar-refractivity contribution < 1.29 is 14.7 Å². The van der Waals surface area contributed by atoms with E-state index in [2.05, 4.69) is 0 Å². The van der Waals surface area contributed by atoms with Crippen LogP contribution in [0.5, 0.6) is 0 Å². The summed E-state index contributed by atoms with van der Waals surface area (Å²) in [6.07, 6.45) is 3.97. The molecule has 1 atom stereocenters. The van der Waals surface area contributed by atoms with Crippen LogP contribution in [-0.2, 0) is 11.3 Å². The number of carboxylic acid groups (broad SMARTS) is 1. The first-order valence-corrected chi connectivity index (χ1v) is 6.14. The van der Waals surface area contributed by atoms with Gasteiger partial charge in [-0.25, -0.2) is 0 Å². The largest absolute Gasteiger partial charge is 0.480 e. The van der Waals surface area contributed by atoms with Crippen molar-refractivity contribution >= 4 is 11.9 Å². The topological polar surface area (TPSA) is 62.5 Å². The summed E-state index contributed by atoms with van der Waals surface area (Å²) in [5, 5.41) is 8.79. The van der Waals surface area contributed by atoms with Crippen molar-refractivity contribution in [1.29, 1.82) is 0 Å². The molecule has 0 saturated heterocycles. The van der Waals surface area contributed by atoms with Gasteiger partial charge >= 0.3 is 5.97 Å². The maximum absolute atomic E-state index is 12.3. The Morgan fingerprint density at radius 1 is 1.56 bits per heavy atom. The zero-order valence-corrected chi connectivity index (χ0v) is 10.7. The average Bonchev–Trinajstić information content (AvgIpc) is 3.07. The van der Waals surface area contributed by atoms with Crippen molar-refractivity contribution in [3.05, 3.63) is 24.0 Å². The highest BCUT2D eigenvalue weighted by molar-refractivity contribution is 5.93. The maximum Gasteiger partial charge on any atom is 0.323 e. The maximum atomic E-state index is 12.3. The lowest BCUT2D eigenvalue weighted by molar-refractivity contribution is -0.137. The number of hydrogen-bond acceptors (Lipinski definition) is 2. The zero-order valence-electron chi connectivity index (χ0n) is 10.7. The molecule has 1 heterocycles. The molecular formula is C13H18N2O3. The number of carbonyl (C=O) groups excluding carboxylic acids is 1. The number of carbonyl (C=O) groups is 2. The number of rotatable bonds is 5. The SMILES string of the molecule is CC(C1CC1)N(C)C(=O)c1cccn1CC(=O)O. The Morgan fingerprint density at radius 3 is 2.78 bits per heavy atom. The van der Waals surface area contributed by atoms with Gasteiger partial charge in [0.2, 0.25) is 0 Å². The van der Waals surface area contributed by atoms with Crippen LogP contribution in [0.4, 0.5) is 0 Å². The fourth-order valence-corrected chi connectivity index (χ4v) is 2.15. The van der Waals surface area contributed by atoms with Crippen LogP contribution >= 0.6 is 0 Å². The standard InChI is InChI=1S/C13H18N2O3/c1-9(10-5-6-10)14(2)13(18)11-4-3-7-15(11)8-12(16)17/h3-4,7,9-10H,5-6,8H2,1-2H3,(H,16,17). The minimum Gasteiger partial charge on any atom is -0.480 e. The van der Waals surface area contributed by atoms with E-state index < -0.39 is 5.97 Å². The van der Waals surface area contributed by atoms with Gasteiger partial charge in [-0.3, -0.25) is 9.59 Å². The van der Waals surface area contributed by atoms with Crippen molar-refractivity contribution in [3.8, 4) is 0 Å². The molecule has 5 nitrogen and oxygen atoms in total. The van der Waals surface area contributed by atoms with E-state index in [-0.39, 0.29) is 18.5 Å². The lowest BCUT2D eigenvalue weighted by Gasteiger charge is -2.25. The lowest BCUT2D eigenvalue weighted by Crippen LogP contribution is -2.37. The number of aliphatic carboxylic acids is 1. The van der Waals surface area contributed by atoms with Crippen LogP contribution in [0.25, 0.3) is 0 Å². The van der Waals surface area contributed by atoms with Crippen molar-refractivity contribution in [1.82, 2.24) is 9.47 Å². The lowest BCUT2D eigenvalue weighted by atomic mass is 10.2. The third-order valence-electron chi connectivity index (χ3n) is 3.59. The molecule has 1 amide bonds. The number of aromatic nitrogens is 1. The van der Waals surface area contributed by atoms with Gasteiger partial charge in [0.05, 0.1) is 0 Å². The molecule has 18 heavy (non-hydrogen) atoms. The monoisotopic (exact) mass is 250 g/mol. The molecule has 0 aromatic carbocycles. The fraction of sp³-hybridized carbons (Fsp3) is 0.538. The Balaban J connectivity index is 2.12. The minimum atomic E-state index is -0.946. The molecule has 1 aliphatic rings. The van der Waals surface area contributed by atoms with Crippen LogP contribution in [0.2, 0.25) is 0 Å². The average molecular weight is 250 g/mol. The normalized spacial score (nSPS) is 16.3. The van der Waals surface area contributed by atoms with Crippen LogP contribution in [0.3, 0.4) is 0 Å². The molecule has 1 saturated carbocycles. The summed E-state index contributed by atoms with van der Waals surface area (Å²) in [5.41, 5.74) is 0.437. The predicted molar refractivity (Wildman–Crippen MR) is 66.3 cm³/mol. The third kappa shape index (κ3) is 2.55. The minimum absolute atomic E-state index is 0.111. The van der Waals surface area contributed by atoms with E-state index in [0.717, 1.165) is 0 Å². The summed E-state index contributed by atoms with van der Waals surface area (Å²) in [6.45, 7) is 1.86. The molecule has 98 valence electrons. The van der Waals surface area contributed by atoms with Crippen molar-refractivity contribution in [2.45, 2.75) is 32.4 Å². The van der Waals surface area contributed by atoms with Gasteiger partial charge in [0.15, 0.2) is 0 Å². The molecular weight excluding hydrogens is 232 g/mol. The predicted octanol–water partition coefficient (Wildman–Crippen LogP) is 1.44. The van der Waals surface area contributed by atoms with Gasteiger partial charge in [0, 0.05) is 19.3 Å². The van der Waals surface area contributed by atoms with Gasteiger partial charge in [-0.15, -0.1) is 0 Å². The van der Waals surface area contributed by atoms with Crippen LogP contribution < -0.4 is 0 Å². The number of carboxylic acids is 1. The molecule has 0 radical (unpaired) electrons. The van der Waals surface area contributed by atoms with E-state index in [1.165, 1.54) is 17.4 Å². The van der Waals surface area contributed by atoms with Crippen molar-refractivity contribution in [2.75, 3.05) is 7.05 Å². The Kier molecular flexibility index (Phi) is 3.41. The Hall–Kier alpha value is -1.78. The molecule has 0 bridgehead atoms. The van der Waals surface area contributed by atoms with Gasteiger partial charge in [0.25, 0.3) is 5.91 Å². The summed E-state index contributed by atoms with van der Waals surface area (Å²) in [5.74, 6) is -0.458. The molecule has 1 aromatic heterocycles. The highest BCUT2D eigenvalue weighted by Crippen LogP contribution is 2.35. The van der Waals surface area contributed by atoms with E-state index in [1.807, 2.05) is 6.92 Å². The second-order valence-electron chi connectivity index (χ2n) is 4.91. The first-order valence-electron chi connectivity index (χ1n) is 6.14. The second-order valence-corrected chi connectivity index (χ2v) is 4.91. The molecule has 2 rings (SSSR count). The quantitative estimate of drug-likeness (QED) is 0.860. The van der Waals surface area contributed by atoms with E-state index in [4.69, 9.17) is 5.11 Å². The number of nitrogens with zero attached hydrogens (tertiary/aromatic N) is 2. The second kappa shape index (κ2) is 4.84. The molecule has 0 aliphatic heterocycles. The zero-order chi connectivity index (χ0) is 13.3. The van der Waals surface area contributed by atoms with E-state index in [9.17, 15) is 9.59 Å². The molecule has 1 N–H and O–H groups in total. The van der Waals surface area contributed by atoms with E-state index in [0.29, 0.717) is 11.6 Å². The summed E-state index contributed by atoms with van der Waals surface area (Å²) in [7, 11) is 1.78. The first-order chi connectivity index (χ1) is 8.50. The van der Waals surface area contributed by atoms with E-state index >= 15 is 0 Å². The van der Waals surface area contributed by atoms with Crippen LogP contribution in [-0.4, -0.2) is 39.5 Å². The van der Waals surface area contributed by atoms with Gasteiger partial charge < -0.3 is 14.6 Å². The van der Waals surface area contributed by atoms with Gasteiger partial charge in [-0.05, 0) is 37.8 Å². The Morgan fingerprint density at radius 2 is 2.22 bits per heavy atom. The molecule has 1 unspecified atom stereocenters. The Labute approximate surface area is 106 Å². The molecule has 1 aliphatic carbocycles. The summed E-state index contributed by atoms with van der Waals surface area (Å²) < 4.78 is 1.47. The van der Waals surface area contributed by atoms with Crippen LogP contribution in [0.1, 0.15) is 30.3 Å². The van der Waals surface area contributed by atoms with Gasteiger partial charge in [-0.2, -0.15) is 0 Å². The van der Waals surface area contributed by atoms with Gasteiger partial charge in [-0.1, -0.05) is 0 Å². The highest BCUT2D eigenvalue weighted by Gasteiger charge is 2.33. The first kappa shape index (κ1) is 12.7. The molecule has 1 fully saturated rings. The van der Waals surface area contributed by atoms with Crippen LogP contribution in [0.15, 0.2) is 18.3 Å². The number of amides is 1. The fourth-order valence-electron chi connectivity index (χ4n) is 2.15. The van der Waals surface area contributed by atoms with E-state index in [1.54, 1.807) is 30.3 Å². The summed E-state index contributed by atoms with van der Waals surface area (Å²) in [4.78, 5) is 24.7. The highest BCUT2D eigenvalue weighted by atomic mass is 16.4. The van der Waals surface area contributed by atoms with Gasteiger partial charge in [0.1, 0.15) is 12.2 Å². The molecule has 0 spiro atoms. The van der Waals surface area contributed by atoms with Crippen LogP contribution in [0, 0.1) is 5.92 Å². The van der Waals surface area contributed by atoms with Crippen molar-refractivity contribution in [3.63, 3.8) is 0 Å². The smallest absolute Gasteiger partial charge is 0.323 e. The molecule has 5 heteroatoms. The summed E-state index contributed by atoms with van der Waals surface area (Å²) in [6, 6.07) is 3.58. The van der Waals surface area contributed by atoms with Crippen molar-refractivity contribution in [2.24, 2.45) is 5.92 Å². The Bertz CT molecular complexity index is 463. The summed E-state index contributed by atoms with van der Waals surface area (Å²) >= 11 is 0. The third-order valence-corrected chi connectivity index (χ3v) is 3.59.